The maximum absolute atomic E-state index is 12.9. The number of aromatic nitrogens is 3. The highest BCUT2D eigenvalue weighted by Gasteiger charge is 2.30. The maximum atomic E-state index is 12.9. The van der Waals surface area contributed by atoms with Crippen LogP contribution in [-0.2, 0) is 6.18 Å². The van der Waals surface area contributed by atoms with E-state index < -0.39 is 17.8 Å². The van der Waals surface area contributed by atoms with E-state index in [4.69, 9.17) is 5.73 Å². The number of pyridine rings is 1. The van der Waals surface area contributed by atoms with Gasteiger partial charge in [-0.1, -0.05) is 13.2 Å². The number of nitrogens with zero attached hydrogens (tertiary/aromatic N) is 3. The van der Waals surface area contributed by atoms with Gasteiger partial charge in [0.25, 0.3) is 0 Å². The van der Waals surface area contributed by atoms with Gasteiger partial charge in [0.05, 0.1) is 17.8 Å². The quantitative estimate of drug-likeness (QED) is 0.367. The van der Waals surface area contributed by atoms with E-state index in [0.29, 0.717) is 29.3 Å². The molecular weight excluding hydrogens is 429 g/mol. The third-order valence-corrected chi connectivity index (χ3v) is 5.07. The number of alkyl halides is 3. The second-order valence-electron chi connectivity index (χ2n) is 7.84. The Hall–Kier alpha value is -3.59. The summed E-state index contributed by atoms with van der Waals surface area (Å²) >= 11 is 0. The summed E-state index contributed by atoms with van der Waals surface area (Å²) in [6.07, 6.45) is 2.49. The maximum Gasteiger partial charge on any atom is 0.416 e. The lowest BCUT2D eigenvalue weighted by atomic mass is 9.97. The largest absolute Gasteiger partial charge is 0.416 e. The molecule has 0 fully saturated rings. The van der Waals surface area contributed by atoms with Gasteiger partial charge in [-0.3, -0.25) is 4.68 Å². The smallest absolute Gasteiger partial charge is 0.384 e. The summed E-state index contributed by atoms with van der Waals surface area (Å²) in [4.78, 5) is 4.43. The zero-order chi connectivity index (χ0) is 24.2. The molecule has 0 aliphatic rings. The minimum atomic E-state index is -4.40. The monoisotopic (exact) mass is 456 g/mol. The van der Waals surface area contributed by atoms with Crippen LogP contribution in [0.5, 0.6) is 0 Å². The molecule has 4 N–H and O–H groups in total. The number of allylic oxidation sites excluding steroid dienone is 1. The third-order valence-electron chi connectivity index (χ3n) is 5.07. The second-order valence-corrected chi connectivity index (χ2v) is 7.84. The molecule has 2 heterocycles. The molecule has 0 radical (unpaired) electrons. The fourth-order valence-electron chi connectivity index (χ4n) is 3.25. The number of nitrogens with one attached hydrogen (secondary N) is 2. The second kappa shape index (κ2) is 9.91. The Balaban J connectivity index is 2.01. The number of halogens is 3. The number of hydrogen-bond acceptors (Lipinski definition) is 5. The first-order valence-corrected chi connectivity index (χ1v) is 10.4. The average Bonchev–Trinajstić information content (AvgIpc) is 3.27. The lowest BCUT2D eigenvalue weighted by Gasteiger charge is -2.21. The molecule has 0 amide bonds. The van der Waals surface area contributed by atoms with Crippen molar-refractivity contribution < 1.29 is 13.2 Å². The zero-order valence-corrected chi connectivity index (χ0v) is 18.5. The minimum Gasteiger partial charge on any atom is -0.384 e. The normalized spacial score (nSPS) is 12.5. The molecule has 1 unspecified atom stereocenters. The van der Waals surface area contributed by atoms with Crippen LogP contribution in [0.1, 0.15) is 37.1 Å². The Morgan fingerprint density at radius 3 is 2.48 bits per heavy atom. The van der Waals surface area contributed by atoms with Crippen molar-refractivity contribution in [3.05, 3.63) is 85.0 Å². The van der Waals surface area contributed by atoms with E-state index in [9.17, 15) is 13.2 Å². The summed E-state index contributed by atoms with van der Waals surface area (Å²) in [5.41, 5.74) is 9.29. The van der Waals surface area contributed by atoms with Crippen LogP contribution in [0.3, 0.4) is 0 Å². The van der Waals surface area contributed by atoms with Crippen molar-refractivity contribution in [1.29, 1.82) is 0 Å². The van der Waals surface area contributed by atoms with Crippen molar-refractivity contribution in [3.8, 4) is 11.1 Å². The van der Waals surface area contributed by atoms with Gasteiger partial charge in [0.2, 0.25) is 0 Å². The fraction of sp³-hybridized carbons (Fsp3) is 0.250. The fourth-order valence-corrected chi connectivity index (χ4v) is 3.25. The van der Waals surface area contributed by atoms with Gasteiger partial charge in [-0.05, 0) is 55.8 Å². The van der Waals surface area contributed by atoms with Gasteiger partial charge >= 0.3 is 6.18 Å². The molecule has 1 atom stereocenters. The van der Waals surface area contributed by atoms with Crippen molar-refractivity contribution in [2.45, 2.75) is 32.1 Å². The first-order valence-electron chi connectivity index (χ1n) is 10.4. The van der Waals surface area contributed by atoms with Crippen LogP contribution in [0.25, 0.3) is 11.1 Å². The van der Waals surface area contributed by atoms with Crippen LogP contribution < -0.4 is 16.4 Å². The van der Waals surface area contributed by atoms with Gasteiger partial charge in [-0.25, -0.2) is 4.98 Å². The molecule has 2 aromatic heterocycles. The molecule has 0 spiro atoms. The molecule has 1 aromatic carbocycles. The van der Waals surface area contributed by atoms with E-state index in [-0.39, 0.29) is 6.04 Å². The highest BCUT2D eigenvalue weighted by molar-refractivity contribution is 5.74. The van der Waals surface area contributed by atoms with Gasteiger partial charge in [0.15, 0.2) is 0 Å². The Morgan fingerprint density at radius 2 is 1.91 bits per heavy atom. The highest BCUT2D eigenvalue weighted by atomic mass is 19.4. The van der Waals surface area contributed by atoms with E-state index >= 15 is 0 Å². The summed E-state index contributed by atoms with van der Waals surface area (Å²) in [6, 6.07) is 6.28. The predicted octanol–water partition coefficient (Wildman–Crippen LogP) is 5.58. The van der Waals surface area contributed by atoms with E-state index in [0.717, 1.165) is 23.3 Å². The average molecular weight is 457 g/mol. The van der Waals surface area contributed by atoms with E-state index in [1.807, 2.05) is 30.8 Å². The predicted molar refractivity (Wildman–Crippen MR) is 125 cm³/mol. The molecular formula is C24H27F3N6. The molecule has 0 saturated carbocycles. The van der Waals surface area contributed by atoms with Crippen molar-refractivity contribution in [2.75, 3.05) is 11.9 Å². The lowest BCUT2D eigenvalue weighted by molar-refractivity contribution is -0.137. The first-order chi connectivity index (χ1) is 15.6. The molecule has 0 saturated heterocycles. The van der Waals surface area contributed by atoms with Crippen LogP contribution in [-0.4, -0.2) is 21.3 Å². The third kappa shape index (κ3) is 5.81. The Kier molecular flexibility index (Phi) is 7.23. The summed E-state index contributed by atoms with van der Waals surface area (Å²) in [6.45, 7) is 11.9. The molecule has 174 valence electrons. The topological polar surface area (TPSA) is 80.8 Å². The molecule has 3 rings (SSSR count). The molecule has 0 bridgehead atoms. The SMILES string of the molecule is C=CC(=C)NCC(N)c1c(-c2cnn(C(C)C)c2)ccnc1Nc1ccc(C(F)(F)F)cc1. The molecule has 3 aromatic rings. The molecule has 0 aliphatic heterocycles. The van der Waals surface area contributed by atoms with Gasteiger partial charge in [0.1, 0.15) is 5.82 Å². The van der Waals surface area contributed by atoms with Crippen molar-refractivity contribution in [1.82, 2.24) is 20.1 Å². The Morgan fingerprint density at radius 1 is 1.21 bits per heavy atom. The van der Waals surface area contributed by atoms with Crippen LogP contribution in [0.2, 0.25) is 0 Å². The summed E-state index contributed by atoms with van der Waals surface area (Å²) in [5, 5.41) is 10.6. The lowest BCUT2D eigenvalue weighted by Crippen LogP contribution is -2.27. The van der Waals surface area contributed by atoms with Crippen LogP contribution in [0, 0.1) is 0 Å². The van der Waals surface area contributed by atoms with Gasteiger partial charge in [-0.15, -0.1) is 0 Å². The van der Waals surface area contributed by atoms with Crippen molar-refractivity contribution in [3.63, 3.8) is 0 Å². The standard InChI is InChI=1S/C24H27F3N6/c1-5-16(4)30-13-21(28)22-20(17-12-31-33(14-17)15(2)3)10-11-29-23(22)32-19-8-6-18(7-9-19)24(25,26)27/h5-12,14-15,21,30H,1,4,13,28H2,2-3H3,(H,29,32). The van der Waals surface area contributed by atoms with Gasteiger partial charge in [0, 0.05) is 47.5 Å². The number of anilines is 2. The van der Waals surface area contributed by atoms with Crippen LogP contribution in [0.15, 0.2) is 73.9 Å². The summed E-state index contributed by atoms with van der Waals surface area (Å²) in [7, 11) is 0. The van der Waals surface area contributed by atoms with Crippen LogP contribution >= 0.6 is 0 Å². The van der Waals surface area contributed by atoms with Crippen LogP contribution in [0.4, 0.5) is 24.7 Å². The van der Waals surface area contributed by atoms with Gasteiger partial charge < -0.3 is 16.4 Å². The Bertz CT molecular complexity index is 1120. The van der Waals surface area contributed by atoms with Crippen molar-refractivity contribution in [2.24, 2.45) is 5.73 Å². The number of nitrogens with two attached hydrogens (primary N) is 1. The number of rotatable bonds is 9. The molecule has 6 nitrogen and oxygen atoms in total. The van der Waals surface area contributed by atoms with E-state index in [2.05, 4.69) is 33.9 Å². The molecule has 33 heavy (non-hydrogen) atoms. The zero-order valence-electron chi connectivity index (χ0n) is 18.5. The minimum absolute atomic E-state index is 0.181. The first kappa shape index (κ1) is 24.1. The molecule has 0 aliphatic carbocycles. The molecule has 9 heteroatoms. The number of hydrogen-bond donors (Lipinski definition) is 3. The number of benzene rings is 1. The summed E-state index contributed by atoms with van der Waals surface area (Å²) < 4.78 is 40.6. The Labute approximate surface area is 191 Å². The van der Waals surface area contributed by atoms with E-state index in [1.165, 1.54) is 12.1 Å². The summed E-state index contributed by atoms with van der Waals surface area (Å²) in [5.74, 6) is 0.447. The van der Waals surface area contributed by atoms with Gasteiger partial charge in [-0.2, -0.15) is 18.3 Å². The van der Waals surface area contributed by atoms with Crippen molar-refractivity contribution >= 4 is 11.5 Å². The van der Waals surface area contributed by atoms with E-state index in [1.54, 1.807) is 18.5 Å². The highest BCUT2D eigenvalue weighted by Crippen LogP contribution is 2.34.